The minimum absolute atomic E-state index is 0.209. The molecule has 1 aliphatic heterocycles. The molecule has 0 bridgehead atoms. The third-order valence-corrected chi connectivity index (χ3v) is 4.54. The van der Waals surface area contributed by atoms with Gasteiger partial charge in [0.2, 0.25) is 0 Å². The molecule has 21 heavy (non-hydrogen) atoms. The normalized spacial score (nSPS) is 19.4. The summed E-state index contributed by atoms with van der Waals surface area (Å²) in [6.45, 7) is 8.10. The topological polar surface area (TPSA) is 69.8 Å². The van der Waals surface area contributed by atoms with E-state index in [1.165, 1.54) is 9.80 Å². The molecule has 0 aromatic carbocycles. The summed E-state index contributed by atoms with van der Waals surface area (Å²) in [5.74, 6) is 0.785. The monoisotopic (exact) mass is 313 g/mol. The second-order valence-electron chi connectivity index (χ2n) is 5.05. The van der Waals surface area contributed by atoms with Crippen LogP contribution in [0, 0.1) is 0 Å². The molecule has 0 saturated carbocycles. The van der Waals surface area contributed by atoms with Gasteiger partial charge in [-0.05, 0) is 12.8 Å². The summed E-state index contributed by atoms with van der Waals surface area (Å²) < 4.78 is 5.29. The van der Waals surface area contributed by atoms with E-state index in [0.29, 0.717) is 25.1 Å². The maximum Gasteiger partial charge on any atom is 0.328 e. The molecule has 2 heterocycles. The van der Waals surface area contributed by atoms with E-state index in [-0.39, 0.29) is 18.4 Å². The minimum Gasteiger partial charge on any atom is -0.371 e. The van der Waals surface area contributed by atoms with Crippen LogP contribution in [-0.4, -0.2) is 40.5 Å². The zero-order valence-electron chi connectivity index (χ0n) is 12.3. The van der Waals surface area contributed by atoms with Gasteiger partial charge >= 0.3 is 6.03 Å². The van der Waals surface area contributed by atoms with Crippen LogP contribution in [0.1, 0.15) is 32.4 Å². The predicted molar refractivity (Wildman–Crippen MR) is 80.3 cm³/mol. The van der Waals surface area contributed by atoms with Crippen molar-refractivity contribution in [1.29, 1.82) is 0 Å². The average Bonchev–Trinajstić information content (AvgIpc) is 3.05. The number of anilines is 1. The lowest BCUT2D eigenvalue weighted by Gasteiger charge is -2.19. The molecule has 1 aliphatic rings. The maximum atomic E-state index is 12.2. The summed E-state index contributed by atoms with van der Waals surface area (Å²) in [6.07, 6.45) is 2.01. The molecule has 1 N–H and O–H groups in total. The van der Waals surface area contributed by atoms with Crippen molar-refractivity contribution in [3.8, 4) is 0 Å². The van der Waals surface area contributed by atoms with Crippen LogP contribution >= 0.6 is 11.6 Å². The molecule has 1 saturated heterocycles. The van der Waals surface area contributed by atoms with Crippen molar-refractivity contribution >= 4 is 23.4 Å². The van der Waals surface area contributed by atoms with Crippen molar-refractivity contribution in [3.05, 3.63) is 24.5 Å². The largest absolute Gasteiger partial charge is 0.371 e. The van der Waals surface area contributed by atoms with Gasteiger partial charge in [0.25, 0.3) is 0 Å². The lowest BCUT2D eigenvalue weighted by Crippen LogP contribution is -2.35. The molecule has 0 spiro atoms. The van der Waals surface area contributed by atoms with Crippen molar-refractivity contribution < 1.29 is 14.4 Å². The van der Waals surface area contributed by atoms with Crippen LogP contribution < -0.4 is 4.90 Å². The Labute approximate surface area is 128 Å². The van der Waals surface area contributed by atoms with Gasteiger partial charge in [-0.25, -0.2) is 9.69 Å². The summed E-state index contributed by atoms with van der Waals surface area (Å²) in [5, 5.41) is 13.9. The number of aromatic nitrogens is 1. The van der Waals surface area contributed by atoms with Crippen LogP contribution in [0.15, 0.2) is 23.2 Å². The average molecular weight is 314 g/mol. The highest BCUT2D eigenvalue weighted by atomic mass is 35.5. The number of amides is 2. The molecule has 6 nitrogen and oxygen atoms in total. The van der Waals surface area contributed by atoms with E-state index >= 15 is 0 Å². The molecule has 1 aromatic heterocycles. The number of halogens is 1. The molecular weight excluding hydrogens is 294 g/mol. The fraction of sp³-hybridized carbons (Fsp3) is 0.571. The molecule has 1 aromatic rings. The Kier molecular flexibility index (Phi) is 4.58. The van der Waals surface area contributed by atoms with Gasteiger partial charge in [-0.1, -0.05) is 25.1 Å². The van der Waals surface area contributed by atoms with E-state index in [1.807, 2.05) is 13.8 Å². The Balaban J connectivity index is 2.25. The zero-order chi connectivity index (χ0) is 15.6. The number of hydrogen-bond donors (Lipinski definition) is 1. The summed E-state index contributed by atoms with van der Waals surface area (Å²) >= 11 is 6.48. The summed E-state index contributed by atoms with van der Waals surface area (Å²) in [6, 6.07) is 1.30. The predicted octanol–water partition coefficient (Wildman–Crippen LogP) is 2.68. The highest BCUT2D eigenvalue weighted by Gasteiger charge is 2.39. The minimum atomic E-state index is -0.955. The van der Waals surface area contributed by atoms with Crippen molar-refractivity contribution in [2.45, 2.75) is 37.8 Å². The highest BCUT2D eigenvalue weighted by Crippen LogP contribution is 2.38. The van der Waals surface area contributed by atoms with Crippen LogP contribution in [0.25, 0.3) is 0 Å². The van der Waals surface area contributed by atoms with Crippen molar-refractivity contribution in [1.82, 2.24) is 10.1 Å². The number of β-amino-alcohol motifs (C(OH)–C–C–N with tert-alkyl or cyclic N) is 1. The number of hydrogen-bond acceptors (Lipinski definition) is 4. The Morgan fingerprint density at radius 2 is 2.29 bits per heavy atom. The number of alkyl halides is 1. The Hall–Kier alpha value is -1.53. The van der Waals surface area contributed by atoms with Crippen molar-refractivity contribution in [2.24, 2.45) is 0 Å². The van der Waals surface area contributed by atoms with Gasteiger partial charge in [-0.15, -0.1) is 18.2 Å². The van der Waals surface area contributed by atoms with E-state index in [9.17, 15) is 9.90 Å². The van der Waals surface area contributed by atoms with Crippen LogP contribution in [0.4, 0.5) is 10.6 Å². The lowest BCUT2D eigenvalue weighted by molar-refractivity contribution is 0.179. The number of aliphatic hydroxyl groups is 1. The number of nitrogens with zero attached hydrogens (tertiary/aromatic N) is 3. The van der Waals surface area contributed by atoms with Gasteiger partial charge in [-0.2, -0.15) is 0 Å². The van der Waals surface area contributed by atoms with Gasteiger partial charge in [0.15, 0.2) is 17.8 Å². The lowest BCUT2D eigenvalue weighted by atomic mass is 9.99. The van der Waals surface area contributed by atoms with E-state index in [0.717, 1.165) is 0 Å². The second kappa shape index (κ2) is 6.07. The summed E-state index contributed by atoms with van der Waals surface area (Å²) in [5.41, 5.74) is 0. The van der Waals surface area contributed by atoms with E-state index < -0.39 is 11.1 Å². The summed E-state index contributed by atoms with van der Waals surface area (Å²) in [4.78, 5) is 14.3. The van der Waals surface area contributed by atoms with Crippen molar-refractivity contribution in [3.63, 3.8) is 0 Å². The molecule has 1 fully saturated rings. The number of carbonyl (C=O) groups excluding carboxylic acids is 1. The van der Waals surface area contributed by atoms with E-state index in [2.05, 4.69) is 11.7 Å². The molecule has 0 aliphatic carbocycles. The van der Waals surface area contributed by atoms with Gasteiger partial charge in [0.05, 0.1) is 6.54 Å². The van der Waals surface area contributed by atoms with Gasteiger partial charge < -0.3 is 14.5 Å². The Morgan fingerprint density at radius 1 is 1.62 bits per heavy atom. The maximum absolute atomic E-state index is 12.2. The fourth-order valence-electron chi connectivity index (χ4n) is 2.38. The number of carbonyl (C=O) groups is 1. The fourth-order valence-corrected chi connectivity index (χ4v) is 2.47. The molecule has 116 valence electrons. The third kappa shape index (κ3) is 2.78. The molecule has 2 amide bonds. The first-order valence-corrected chi connectivity index (χ1v) is 7.37. The Morgan fingerprint density at radius 3 is 2.86 bits per heavy atom. The molecular formula is C14H20ClN3O3. The quantitative estimate of drug-likeness (QED) is 0.647. The molecule has 7 heteroatoms. The van der Waals surface area contributed by atoms with Crippen LogP contribution in [0.5, 0.6) is 0 Å². The molecule has 1 atom stereocenters. The molecule has 0 radical (unpaired) electrons. The third-order valence-electron chi connectivity index (χ3n) is 3.81. The van der Waals surface area contributed by atoms with Gasteiger partial charge in [-0.3, -0.25) is 0 Å². The first-order valence-electron chi connectivity index (χ1n) is 7.00. The van der Waals surface area contributed by atoms with Gasteiger partial charge in [0, 0.05) is 12.6 Å². The standard InChI is InChI=1S/C14H20ClN3O3/c1-4-7-17-9-12(19)18(13(17)20)11-8-10(21-16-11)14(15,5-2)6-3/h4,8,12,19H,1,5-7,9H2,2-3H3. The van der Waals surface area contributed by atoms with Crippen molar-refractivity contribution in [2.75, 3.05) is 18.0 Å². The van der Waals surface area contributed by atoms with Crippen LogP contribution in [-0.2, 0) is 4.87 Å². The number of aliphatic hydroxyl groups excluding tert-OH is 1. The molecule has 1 unspecified atom stereocenters. The molecule has 2 rings (SSSR count). The van der Waals surface area contributed by atoms with Crippen LogP contribution in [0.2, 0.25) is 0 Å². The van der Waals surface area contributed by atoms with E-state index in [1.54, 1.807) is 12.1 Å². The van der Waals surface area contributed by atoms with Crippen LogP contribution in [0.3, 0.4) is 0 Å². The SMILES string of the molecule is C=CCN1CC(O)N(c2cc(C(Cl)(CC)CC)on2)C1=O. The zero-order valence-corrected chi connectivity index (χ0v) is 13.0. The first-order chi connectivity index (χ1) is 9.96. The first kappa shape index (κ1) is 15.9. The smallest absolute Gasteiger partial charge is 0.328 e. The van der Waals surface area contributed by atoms with Gasteiger partial charge in [0.1, 0.15) is 4.87 Å². The Bertz CT molecular complexity index is 527. The van der Waals surface area contributed by atoms with E-state index in [4.69, 9.17) is 16.1 Å². The number of urea groups is 1. The highest BCUT2D eigenvalue weighted by molar-refractivity contribution is 6.23. The summed E-state index contributed by atoms with van der Waals surface area (Å²) in [7, 11) is 0. The number of rotatable bonds is 6. The second-order valence-corrected chi connectivity index (χ2v) is 5.77.